The number of aliphatic hydroxyl groups excluding tert-OH is 1. The van der Waals surface area contributed by atoms with E-state index in [4.69, 9.17) is 0 Å². The molecule has 0 bridgehead atoms. The summed E-state index contributed by atoms with van der Waals surface area (Å²) in [6, 6.07) is 10.5. The first-order chi connectivity index (χ1) is 7.15. The van der Waals surface area contributed by atoms with Gasteiger partial charge in [0.1, 0.15) is 0 Å². The first-order valence-corrected chi connectivity index (χ1v) is 5.57. The van der Waals surface area contributed by atoms with E-state index < -0.39 is 0 Å². The Bertz CT molecular complexity index is 271. The van der Waals surface area contributed by atoms with E-state index in [1.54, 1.807) is 0 Å². The zero-order valence-corrected chi connectivity index (χ0v) is 9.77. The number of nitrogens with one attached hydrogen (secondary N) is 1. The lowest BCUT2D eigenvalue weighted by molar-refractivity contribution is 0.225. The Labute approximate surface area is 92.3 Å². The van der Waals surface area contributed by atoms with Crippen LogP contribution < -0.4 is 5.32 Å². The minimum atomic E-state index is 0.0450. The molecule has 1 rings (SSSR count). The van der Waals surface area contributed by atoms with E-state index in [0.29, 0.717) is 12.0 Å². The number of aliphatic hydroxyl groups is 1. The quantitative estimate of drug-likeness (QED) is 0.777. The van der Waals surface area contributed by atoms with Crippen molar-refractivity contribution in [2.24, 2.45) is 5.92 Å². The highest BCUT2D eigenvalue weighted by Crippen LogP contribution is 2.14. The monoisotopic (exact) mass is 207 g/mol. The lowest BCUT2D eigenvalue weighted by atomic mass is 10.0. The molecule has 0 unspecified atom stereocenters. The summed E-state index contributed by atoms with van der Waals surface area (Å²) in [4.78, 5) is 0. The third kappa shape index (κ3) is 3.65. The Hall–Kier alpha value is -0.860. The molecule has 0 aliphatic heterocycles. The molecule has 84 valence electrons. The van der Waals surface area contributed by atoms with Crippen LogP contribution in [0.2, 0.25) is 0 Å². The van der Waals surface area contributed by atoms with Gasteiger partial charge in [0.15, 0.2) is 0 Å². The van der Waals surface area contributed by atoms with E-state index in [-0.39, 0.29) is 12.6 Å². The van der Waals surface area contributed by atoms with Crippen LogP contribution in [0, 0.1) is 5.92 Å². The standard InChI is InChI=1S/C13H21NO/c1-10(2)11(3)14-13(9-15)12-7-5-4-6-8-12/h4-8,10-11,13-15H,9H2,1-3H3/t11-,13+/m1/s1. The zero-order valence-electron chi connectivity index (χ0n) is 9.77. The van der Waals surface area contributed by atoms with Crippen molar-refractivity contribution < 1.29 is 5.11 Å². The SMILES string of the molecule is CC(C)[C@@H](C)N[C@@H](CO)c1ccccc1. The van der Waals surface area contributed by atoms with Gasteiger partial charge in [-0.2, -0.15) is 0 Å². The summed E-state index contributed by atoms with van der Waals surface area (Å²) in [6.45, 7) is 6.64. The number of rotatable bonds is 5. The molecule has 2 atom stereocenters. The molecular weight excluding hydrogens is 186 g/mol. The molecular formula is C13H21NO. The van der Waals surface area contributed by atoms with Crippen molar-refractivity contribution in [1.29, 1.82) is 0 Å². The number of hydrogen-bond donors (Lipinski definition) is 2. The first-order valence-electron chi connectivity index (χ1n) is 5.57. The lowest BCUT2D eigenvalue weighted by Crippen LogP contribution is -2.35. The fourth-order valence-electron chi connectivity index (χ4n) is 1.45. The summed E-state index contributed by atoms with van der Waals surface area (Å²) in [5.41, 5.74) is 1.15. The molecule has 1 aromatic rings. The van der Waals surface area contributed by atoms with E-state index in [9.17, 15) is 5.11 Å². The molecule has 0 radical (unpaired) electrons. The molecule has 0 aliphatic carbocycles. The normalized spacial score (nSPS) is 15.3. The van der Waals surface area contributed by atoms with Crippen molar-refractivity contribution >= 4 is 0 Å². The Morgan fingerprint density at radius 3 is 2.20 bits per heavy atom. The second-order valence-corrected chi connectivity index (χ2v) is 4.35. The van der Waals surface area contributed by atoms with Crippen LogP contribution in [-0.4, -0.2) is 17.8 Å². The molecule has 0 aromatic heterocycles. The fraction of sp³-hybridized carbons (Fsp3) is 0.538. The summed E-state index contributed by atoms with van der Waals surface area (Å²) in [5.74, 6) is 0.572. The van der Waals surface area contributed by atoms with Crippen molar-refractivity contribution in [2.75, 3.05) is 6.61 Å². The van der Waals surface area contributed by atoms with Crippen LogP contribution in [0.15, 0.2) is 30.3 Å². The predicted octanol–water partition coefficient (Wildman–Crippen LogP) is 2.35. The minimum absolute atomic E-state index is 0.0450. The predicted molar refractivity (Wildman–Crippen MR) is 63.7 cm³/mol. The molecule has 0 saturated carbocycles. The van der Waals surface area contributed by atoms with Gasteiger partial charge in [0.2, 0.25) is 0 Å². The van der Waals surface area contributed by atoms with Crippen molar-refractivity contribution in [1.82, 2.24) is 5.32 Å². The summed E-state index contributed by atoms with van der Waals surface area (Å²) in [7, 11) is 0. The Morgan fingerprint density at radius 1 is 1.13 bits per heavy atom. The van der Waals surface area contributed by atoms with E-state index in [1.165, 1.54) is 0 Å². The van der Waals surface area contributed by atoms with Crippen LogP contribution >= 0.6 is 0 Å². The molecule has 0 saturated heterocycles. The minimum Gasteiger partial charge on any atom is -0.394 e. The van der Waals surface area contributed by atoms with Crippen molar-refractivity contribution in [3.05, 3.63) is 35.9 Å². The van der Waals surface area contributed by atoms with E-state index in [0.717, 1.165) is 5.56 Å². The Morgan fingerprint density at radius 2 is 1.73 bits per heavy atom. The van der Waals surface area contributed by atoms with Gasteiger partial charge in [0.25, 0.3) is 0 Å². The van der Waals surface area contributed by atoms with E-state index in [1.807, 2.05) is 30.3 Å². The highest BCUT2D eigenvalue weighted by Gasteiger charge is 2.14. The van der Waals surface area contributed by atoms with Crippen molar-refractivity contribution in [3.8, 4) is 0 Å². The maximum Gasteiger partial charge on any atom is 0.0626 e. The average molecular weight is 207 g/mol. The van der Waals surface area contributed by atoms with Gasteiger partial charge >= 0.3 is 0 Å². The molecule has 0 aliphatic rings. The van der Waals surface area contributed by atoms with Crippen molar-refractivity contribution in [3.63, 3.8) is 0 Å². The zero-order chi connectivity index (χ0) is 11.3. The molecule has 2 nitrogen and oxygen atoms in total. The van der Waals surface area contributed by atoms with Crippen LogP contribution in [-0.2, 0) is 0 Å². The maximum atomic E-state index is 9.35. The van der Waals surface area contributed by atoms with Crippen LogP contribution in [0.5, 0.6) is 0 Å². The lowest BCUT2D eigenvalue weighted by Gasteiger charge is -2.24. The van der Waals surface area contributed by atoms with Gasteiger partial charge in [-0.3, -0.25) is 0 Å². The molecule has 0 amide bonds. The fourth-order valence-corrected chi connectivity index (χ4v) is 1.45. The third-order valence-corrected chi connectivity index (χ3v) is 2.85. The number of benzene rings is 1. The Balaban J connectivity index is 2.65. The smallest absolute Gasteiger partial charge is 0.0626 e. The van der Waals surface area contributed by atoms with Gasteiger partial charge in [-0.25, -0.2) is 0 Å². The first kappa shape index (κ1) is 12.2. The molecule has 15 heavy (non-hydrogen) atoms. The summed E-state index contributed by atoms with van der Waals surface area (Å²) < 4.78 is 0. The molecule has 2 N–H and O–H groups in total. The second-order valence-electron chi connectivity index (χ2n) is 4.35. The Kier molecular flexibility index (Phi) is 4.79. The average Bonchev–Trinajstić information content (AvgIpc) is 2.26. The van der Waals surface area contributed by atoms with Gasteiger partial charge in [-0.1, -0.05) is 44.2 Å². The topological polar surface area (TPSA) is 32.3 Å². The van der Waals surface area contributed by atoms with Gasteiger partial charge in [-0.05, 0) is 18.4 Å². The van der Waals surface area contributed by atoms with Gasteiger partial charge in [-0.15, -0.1) is 0 Å². The molecule has 1 aromatic carbocycles. The second kappa shape index (κ2) is 5.89. The highest BCUT2D eigenvalue weighted by molar-refractivity contribution is 5.19. The largest absolute Gasteiger partial charge is 0.394 e. The van der Waals surface area contributed by atoms with Gasteiger partial charge in [0.05, 0.1) is 12.6 Å². The highest BCUT2D eigenvalue weighted by atomic mass is 16.3. The summed E-state index contributed by atoms with van der Waals surface area (Å²) >= 11 is 0. The molecule has 2 heteroatoms. The molecule has 0 spiro atoms. The van der Waals surface area contributed by atoms with Crippen LogP contribution in [0.3, 0.4) is 0 Å². The summed E-state index contributed by atoms with van der Waals surface area (Å²) in [6.07, 6.45) is 0. The van der Waals surface area contributed by atoms with Crippen molar-refractivity contribution in [2.45, 2.75) is 32.9 Å². The summed E-state index contributed by atoms with van der Waals surface area (Å²) in [5, 5.41) is 12.8. The third-order valence-electron chi connectivity index (χ3n) is 2.85. The van der Waals surface area contributed by atoms with Gasteiger partial charge < -0.3 is 10.4 Å². The van der Waals surface area contributed by atoms with Gasteiger partial charge in [0, 0.05) is 6.04 Å². The molecule has 0 fully saturated rings. The molecule has 0 heterocycles. The maximum absolute atomic E-state index is 9.35. The van der Waals surface area contributed by atoms with E-state index >= 15 is 0 Å². The van der Waals surface area contributed by atoms with Crippen LogP contribution in [0.1, 0.15) is 32.4 Å². The van der Waals surface area contributed by atoms with Crippen LogP contribution in [0.4, 0.5) is 0 Å². The van der Waals surface area contributed by atoms with Crippen LogP contribution in [0.25, 0.3) is 0 Å². The van der Waals surface area contributed by atoms with E-state index in [2.05, 4.69) is 26.1 Å². The number of hydrogen-bond acceptors (Lipinski definition) is 2.